The number of aromatic nitrogens is 1. The number of para-hydroxylation sites is 1. The minimum absolute atomic E-state index is 0.0603. The second-order valence-electron chi connectivity index (χ2n) is 4.43. The molecule has 2 rings (SSSR count). The highest BCUT2D eigenvalue weighted by Gasteiger charge is 2.09. The first-order valence-electron chi connectivity index (χ1n) is 6.48. The van der Waals surface area contributed by atoms with E-state index in [9.17, 15) is 14.7 Å². The molecule has 110 valence electrons. The molecule has 6 heteroatoms. The van der Waals surface area contributed by atoms with Crippen LogP contribution in [0.1, 0.15) is 10.4 Å². The molecule has 21 heavy (non-hydrogen) atoms. The summed E-state index contributed by atoms with van der Waals surface area (Å²) in [6.45, 7) is 0.140. The molecule has 1 atom stereocenters. The minimum atomic E-state index is -0.822. The molecular formula is C15H16N2O4. The van der Waals surface area contributed by atoms with E-state index < -0.39 is 6.10 Å². The number of nitrogens with one attached hydrogen (secondary N) is 2. The number of aliphatic hydroxyl groups is 1. The van der Waals surface area contributed by atoms with E-state index in [0.29, 0.717) is 11.3 Å². The van der Waals surface area contributed by atoms with Crippen LogP contribution < -0.4 is 15.6 Å². The number of amides is 1. The van der Waals surface area contributed by atoms with Gasteiger partial charge in [-0.3, -0.25) is 9.59 Å². The van der Waals surface area contributed by atoms with Gasteiger partial charge in [0.1, 0.15) is 18.5 Å². The van der Waals surface area contributed by atoms with Crippen molar-refractivity contribution in [2.45, 2.75) is 6.10 Å². The van der Waals surface area contributed by atoms with Crippen LogP contribution in [0.2, 0.25) is 0 Å². The Hall–Kier alpha value is -2.60. The summed E-state index contributed by atoms with van der Waals surface area (Å²) in [5.41, 5.74) is 0.0497. The maximum atomic E-state index is 11.7. The molecule has 0 saturated heterocycles. The average molecular weight is 288 g/mol. The first-order valence-corrected chi connectivity index (χ1v) is 6.48. The highest BCUT2D eigenvalue weighted by molar-refractivity contribution is 5.93. The van der Waals surface area contributed by atoms with Crippen molar-refractivity contribution in [2.75, 3.05) is 13.2 Å². The molecule has 0 fully saturated rings. The van der Waals surface area contributed by atoms with Crippen molar-refractivity contribution in [1.29, 1.82) is 0 Å². The lowest BCUT2D eigenvalue weighted by molar-refractivity contribution is 0.0843. The fourth-order valence-corrected chi connectivity index (χ4v) is 1.63. The predicted molar refractivity (Wildman–Crippen MR) is 77.3 cm³/mol. The summed E-state index contributed by atoms with van der Waals surface area (Å²) in [7, 11) is 0. The predicted octanol–water partition coefficient (Wildman–Crippen LogP) is 0.545. The number of aromatic amines is 1. The third kappa shape index (κ3) is 4.77. The number of ether oxygens (including phenoxy) is 1. The van der Waals surface area contributed by atoms with Gasteiger partial charge in [0.05, 0.1) is 5.56 Å². The highest BCUT2D eigenvalue weighted by atomic mass is 16.5. The van der Waals surface area contributed by atoms with Crippen molar-refractivity contribution < 1.29 is 14.6 Å². The van der Waals surface area contributed by atoms with Crippen LogP contribution in [0.3, 0.4) is 0 Å². The van der Waals surface area contributed by atoms with Gasteiger partial charge in [-0.2, -0.15) is 0 Å². The zero-order valence-electron chi connectivity index (χ0n) is 11.3. The van der Waals surface area contributed by atoms with Crippen molar-refractivity contribution in [1.82, 2.24) is 10.3 Å². The van der Waals surface area contributed by atoms with E-state index in [4.69, 9.17) is 4.74 Å². The van der Waals surface area contributed by atoms with Crippen molar-refractivity contribution in [3.8, 4) is 5.75 Å². The topological polar surface area (TPSA) is 91.4 Å². The first-order chi connectivity index (χ1) is 10.1. The Morgan fingerprint density at radius 2 is 2.00 bits per heavy atom. The SMILES string of the molecule is O=C(NC[C@H](O)COc1ccccc1)c1ccc(=O)[nH]c1. The van der Waals surface area contributed by atoms with Crippen LogP contribution >= 0.6 is 0 Å². The lowest BCUT2D eigenvalue weighted by Gasteiger charge is -2.13. The van der Waals surface area contributed by atoms with Gasteiger partial charge in [0.25, 0.3) is 5.91 Å². The second-order valence-corrected chi connectivity index (χ2v) is 4.43. The number of H-pyrrole nitrogens is 1. The fraction of sp³-hybridized carbons (Fsp3) is 0.200. The molecular weight excluding hydrogens is 272 g/mol. The van der Waals surface area contributed by atoms with E-state index in [1.54, 1.807) is 12.1 Å². The molecule has 2 aromatic rings. The quantitative estimate of drug-likeness (QED) is 0.723. The number of carbonyl (C=O) groups excluding carboxylic acids is 1. The minimum Gasteiger partial charge on any atom is -0.491 e. The molecule has 0 bridgehead atoms. The van der Waals surface area contributed by atoms with Gasteiger partial charge < -0.3 is 20.1 Å². The Kier molecular flexibility index (Phi) is 5.11. The third-order valence-corrected chi connectivity index (χ3v) is 2.73. The molecule has 0 saturated carbocycles. The summed E-state index contributed by atoms with van der Waals surface area (Å²) < 4.78 is 5.37. The molecule has 1 amide bonds. The number of pyridine rings is 1. The molecule has 1 aromatic heterocycles. The normalized spacial score (nSPS) is 11.7. The summed E-state index contributed by atoms with van der Waals surface area (Å²) in [4.78, 5) is 25.0. The summed E-state index contributed by atoms with van der Waals surface area (Å²) in [6.07, 6.45) is 0.502. The smallest absolute Gasteiger partial charge is 0.252 e. The van der Waals surface area contributed by atoms with Crippen LogP contribution in [0.25, 0.3) is 0 Å². The Morgan fingerprint density at radius 1 is 1.24 bits per heavy atom. The molecule has 0 aliphatic heterocycles. The second kappa shape index (κ2) is 7.25. The zero-order chi connectivity index (χ0) is 15.1. The van der Waals surface area contributed by atoms with Crippen molar-refractivity contribution in [3.05, 3.63) is 64.6 Å². The van der Waals surface area contributed by atoms with Crippen LogP contribution in [0.15, 0.2) is 53.5 Å². The first kappa shape index (κ1) is 14.8. The van der Waals surface area contributed by atoms with Gasteiger partial charge in [0, 0.05) is 18.8 Å². The summed E-state index contributed by atoms with van der Waals surface area (Å²) in [6, 6.07) is 11.8. The Labute approximate surface area is 121 Å². The van der Waals surface area contributed by atoms with Crippen molar-refractivity contribution >= 4 is 5.91 Å². The van der Waals surface area contributed by atoms with E-state index in [2.05, 4.69) is 10.3 Å². The van der Waals surface area contributed by atoms with Crippen LogP contribution in [0.4, 0.5) is 0 Å². The Balaban J connectivity index is 1.76. The van der Waals surface area contributed by atoms with Crippen LogP contribution in [-0.4, -0.2) is 35.3 Å². The monoisotopic (exact) mass is 288 g/mol. The van der Waals surface area contributed by atoms with Crippen molar-refractivity contribution in [2.24, 2.45) is 0 Å². The van der Waals surface area contributed by atoms with Gasteiger partial charge >= 0.3 is 0 Å². The van der Waals surface area contributed by atoms with E-state index in [-0.39, 0.29) is 24.6 Å². The summed E-state index contributed by atoms with van der Waals surface area (Å²) in [5.74, 6) is 0.286. The fourth-order valence-electron chi connectivity index (χ4n) is 1.63. The largest absolute Gasteiger partial charge is 0.491 e. The standard InChI is InChI=1S/C15H16N2O4/c18-12(10-21-13-4-2-1-3-5-13)9-17-15(20)11-6-7-14(19)16-8-11/h1-8,12,18H,9-10H2,(H,16,19)(H,17,20)/t12-/m0/s1. The van der Waals surface area contributed by atoms with E-state index >= 15 is 0 Å². The molecule has 0 aliphatic carbocycles. The molecule has 0 spiro atoms. The lowest BCUT2D eigenvalue weighted by atomic mass is 10.2. The average Bonchev–Trinajstić information content (AvgIpc) is 2.52. The number of rotatable bonds is 6. The number of hydrogen-bond donors (Lipinski definition) is 3. The molecule has 0 unspecified atom stereocenters. The number of aliphatic hydroxyl groups excluding tert-OH is 1. The van der Waals surface area contributed by atoms with Crippen LogP contribution in [0.5, 0.6) is 5.75 Å². The van der Waals surface area contributed by atoms with Gasteiger partial charge in [-0.15, -0.1) is 0 Å². The lowest BCUT2D eigenvalue weighted by Crippen LogP contribution is -2.35. The van der Waals surface area contributed by atoms with Crippen LogP contribution in [-0.2, 0) is 0 Å². The molecule has 6 nitrogen and oxygen atoms in total. The molecule has 0 aliphatic rings. The van der Waals surface area contributed by atoms with Gasteiger partial charge in [0.2, 0.25) is 5.56 Å². The molecule has 3 N–H and O–H groups in total. The van der Waals surface area contributed by atoms with Gasteiger partial charge in [-0.25, -0.2) is 0 Å². The van der Waals surface area contributed by atoms with E-state index in [1.807, 2.05) is 18.2 Å². The maximum Gasteiger partial charge on any atom is 0.252 e. The summed E-state index contributed by atoms with van der Waals surface area (Å²) >= 11 is 0. The van der Waals surface area contributed by atoms with Gasteiger partial charge in [-0.1, -0.05) is 18.2 Å². The maximum absolute atomic E-state index is 11.7. The van der Waals surface area contributed by atoms with Gasteiger partial charge in [-0.05, 0) is 18.2 Å². The summed E-state index contributed by atoms with van der Waals surface area (Å²) in [5, 5.41) is 12.3. The third-order valence-electron chi connectivity index (χ3n) is 2.73. The van der Waals surface area contributed by atoms with Crippen LogP contribution in [0, 0.1) is 0 Å². The highest BCUT2D eigenvalue weighted by Crippen LogP contribution is 2.08. The molecule has 1 aromatic carbocycles. The number of benzene rings is 1. The van der Waals surface area contributed by atoms with Gasteiger partial charge in [0.15, 0.2) is 0 Å². The Bertz CT molecular complexity index is 619. The Morgan fingerprint density at radius 3 is 2.67 bits per heavy atom. The zero-order valence-corrected chi connectivity index (χ0v) is 11.3. The van der Waals surface area contributed by atoms with E-state index in [1.165, 1.54) is 18.3 Å². The molecule has 0 radical (unpaired) electrons. The van der Waals surface area contributed by atoms with E-state index in [0.717, 1.165) is 0 Å². The number of carbonyl (C=O) groups is 1. The molecule has 1 heterocycles. The van der Waals surface area contributed by atoms with Crippen molar-refractivity contribution in [3.63, 3.8) is 0 Å². The number of hydrogen-bond acceptors (Lipinski definition) is 4.